The Balaban J connectivity index is 2.69. The molecule has 0 bridgehead atoms. The molecular weight excluding hydrogens is 214 g/mol. The van der Waals surface area contributed by atoms with Crippen LogP contribution < -0.4 is 10.1 Å². The maximum atomic E-state index is 12.0. The largest absolute Gasteiger partial charge is 0.496 e. The van der Waals surface area contributed by atoms with E-state index in [0.29, 0.717) is 17.2 Å². The Hall–Kier alpha value is -1.51. The third-order valence-electron chi connectivity index (χ3n) is 2.55. The monoisotopic (exact) mass is 235 g/mol. The molecule has 1 aromatic carbocycles. The van der Waals surface area contributed by atoms with E-state index < -0.39 is 0 Å². The van der Waals surface area contributed by atoms with E-state index in [2.05, 4.69) is 19.2 Å². The molecular formula is C14H21NO2. The van der Waals surface area contributed by atoms with Crippen molar-refractivity contribution in [2.45, 2.75) is 33.2 Å². The third-order valence-corrected chi connectivity index (χ3v) is 2.55. The van der Waals surface area contributed by atoms with Crippen LogP contribution in [0.2, 0.25) is 0 Å². The smallest absolute Gasteiger partial charge is 0.255 e. The summed E-state index contributed by atoms with van der Waals surface area (Å²) < 4.78 is 5.17. The summed E-state index contributed by atoms with van der Waals surface area (Å²) in [5, 5.41) is 2.98. The van der Waals surface area contributed by atoms with Gasteiger partial charge in [-0.05, 0) is 31.4 Å². The predicted molar refractivity (Wildman–Crippen MR) is 69.4 cm³/mol. The van der Waals surface area contributed by atoms with Crippen LogP contribution in [0, 0.1) is 5.92 Å². The van der Waals surface area contributed by atoms with E-state index >= 15 is 0 Å². The molecule has 1 atom stereocenters. The van der Waals surface area contributed by atoms with E-state index in [1.165, 1.54) is 0 Å². The number of hydrogen-bond acceptors (Lipinski definition) is 2. The van der Waals surface area contributed by atoms with Crippen LogP contribution in [-0.2, 0) is 0 Å². The molecule has 1 rings (SSSR count). The molecule has 0 aromatic heterocycles. The van der Waals surface area contributed by atoms with Crippen molar-refractivity contribution in [3.05, 3.63) is 29.8 Å². The molecule has 0 spiro atoms. The summed E-state index contributed by atoms with van der Waals surface area (Å²) in [6.07, 6.45) is 0.973. The van der Waals surface area contributed by atoms with Gasteiger partial charge in [-0.25, -0.2) is 0 Å². The van der Waals surface area contributed by atoms with Gasteiger partial charge in [0.1, 0.15) is 5.75 Å². The fraction of sp³-hybridized carbons (Fsp3) is 0.500. The first kappa shape index (κ1) is 13.6. The lowest BCUT2D eigenvalue weighted by Crippen LogP contribution is -2.33. The molecule has 0 aliphatic carbocycles. The first-order valence-electron chi connectivity index (χ1n) is 5.98. The van der Waals surface area contributed by atoms with Crippen molar-refractivity contribution < 1.29 is 9.53 Å². The van der Waals surface area contributed by atoms with Crippen molar-refractivity contribution in [3.63, 3.8) is 0 Å². The van der Waals surface area contributed by atoms with Crippen LogP contribution in [0.4, 0.5) is 0 Å². The Kier molecular flexibility index (Phi) is 5.01. The summed E-state index contributed by atoms with van der Waals surface area (Å²) in [5.74, 6) is 1.11. The number of rotatable bonds is 5. The Bertz CT molecular complexity index is 374. The fourth-order valence-electron chi connectivity index (χ4n) is 1.90. The van der Waals surface area contributed by atoms with E-state index in [1.807, 2.05) is 19.1 Å². The van der Waals surface area contributed by atoms with Crippen LogP contribution in [0.3, 0.4) is 0 Å². The van der Waals surface area contributed by atoms with E-state index in [-0.39, 0.29) is 11.9 Å². The Morgan fingerprint density at radius 2 is 1.94 bits per heavy atom. The Labute approximate surface area is 103 Å². The van der Waals surface area contributed by atoms with Gasteiger partial charge < -0.3 is 10.1 Å². The molecule has 0 heterocycles. The fourth-order valence-corrected chi connectivity index (χ4v) is 1.90. The van der Waals surface area contributed by atoms with E-state index in [0.717, 1.165) is 6.42 Å². The van der Waals surface area contributed by atoms with Crippen LogP contribution in [0.1, 0.15) is 37.6 Å². The minimum Gasteiger partial charge on any atom is -0.496 e. The van der Waals surface area contributed by atoms with Crippen molar-refractivity contribution in [1.29, 1.82) is 0 Å². The number of benzene rings is 1. The lowest BCUT2D eigenvalue weighted by atomic mass is 10.0. The van der Waals surface area contributed by atoms with Gasteiger partial charge in [0, 0.05) is 6.04 Å². The SMILES string of the molecule is COc1ccccc1C(=O)N[C@@H](C)CC(C)C. The number of nitrogens with one attached hydrogen (secondary N) is 1. The summed E-state index contributed by atoms with van der Waals surface area (Å²) in [6.45, 7) is 6.31. The van der Waals surface area contributed by atoms with Gasteiger partial charge in [-0.2, -0.15) is 0 Å². The number of amides is 1. The summed E-state index contributed by atoms with van der Waals surface area (Å²) in [6, 6.07) is 7.43. The first-order chi connectivity index (χ1) is 8.04. The molecule has 1 amide bonds. The van der Waals surface area contributed by atoms with Gasteiger partial charge in [0.2, 0.25) is 0 Å². The van der Waals surface area contributed by atoms with Crippen LogP contribution in [0.25, 0.3) is 0 Å². The van der Waals surface area contributed by atoms with Gasteiger partial charge in [0.15, 0.2) is 0 Å². The van der Waals surface area contributed by atoms with Gasteiger partial charge in [-0.3, -0.25) is 4.79 Å². The van der Waals surface area contributed by atoms with Crippen LogP contribution >= 0.6 is 0 Å². The van der Waals surface area contributed by atoms with Crippen molar-refractivity contribution in [1.82, 2.24) is 5.32 Å². The van der Waals surface area contributed by atoms with Crippen molar-refractivity contribution in [2.75, 3.05) is 7.11 Å². The number of para-hydroxylation sites is 1. The highest BCUT2D eigenvalue weighted by Gasteiger charge is 2.14. The number of ether oxygens (including phenoxy) is 1. The van der Waals surface area contributed by atoms with E-state index in [1.54, 1.807) is 19.2 Å². The third kappa shape index (κ3) is 4.10. The van der Waals surface area contributed by atoms with Crippen molar-refractivity contribution in [2.24, 2.45) is 5.92 Å². The number of carbonyl (C=O) groups is 1. The molecule has 0 fully saturated rings. The highest BCUT2D eigenvalue weighted by Crippen LogP contribution is 2.17. The molecule has 0 unspecified atom stereocenters. The van der Waals surface area contributed by atoms with Crippen LogP contribution in [0.5, 0.6) is 5.75 Å². The van der Waals surface area contributed by atoms with Gasteiger partial charge in [-0.15, -0.1) is 0 Å². The molecule has 1 N–H and O–H groups in total. The standard InChI is InChI=1S/C14H21NO2/c1-10(2)9-11(3)15-14(16)12-7-5-6-8-13(12)17-4/h5-8,10-11H,9H2,1-4H3,(H,15,16)/t11-/m0/s1. The second-order valence-electron chi connectivity index (χ2n) is 4.70. The zero-order valence-electron chi connectivity index (χ0n) is 11.0. The van der Waals surface area contributed by atoms with Gasteiger partial charge in [0.05, 0.1) is 12.7 Å². The Morgan fingerprint density at radius 3 is 2.53 bits per heavy atom. The molecule has 3 heteroatoms. The quantitative estimate of drug-likeness (QED) is 0.852. The topological polar surface area (TPSA) is 38.3 Å². The van der Waals surface area contributed by atoms with Gasteiger partial charge >= 0.3 is 0 Å². The summed E-state index contributed by atoms with van der Waals surface area (Å²) >= 11 is 0. The molecule has 0 saturated heterocycles. The number of carbonyl (C=O) groups excluding carboxylic acids is 1. The molecule has 0 aliphatic rings. The maximum absolute atomic E-state index is 12.0. The average Bonchev–Trinajstić information content (AvgIpc) is 2.27. The molecule has 17 heavy (non-hydrogen) atoms. The maximum Gasteiger partial charge on any atom is 0.255 e. The van der Waals surface area contributed by atoms with E-state index in [4.69, 9.17) is 4.74 Å². The minimum atomic E-state index is -0.0735. The average molecular weight is 235 g/mol. The Morgan fingerprint density at radius 1 is 1.29 bits per heavy atom. The normalized spacial score (nSPS) is 12.3. The lowest BCUT2D eigenvalue weighted by molar-refractivity contribution is 0.0933. The minimum absolute atomic E-state index is 0.0735. The molecule has 94 valence electrons. The molecule has 0 aliphatic heterocycles. The number of hydrogen-bond donors (Lipinski definition) is 1. The zero-order valence-corrected chi connectivity index (χ0v) is 11.0. The molecule has 0 radical (unpaired) electrons. The highest BCUT2D eigenvalue weighted by molar-refractivity contribution is 5.97. The summed E-state index contributed by atoms with van der Waals surface area (Å²) in [7, 11) is 1.57. The zero-order chi connectivity index (χ0) is 12.8. The van der Waals surface area contributed by atoms with Crippen molar-refractivity contribution >= 4 is 5.91 Å². The second-order valence-corrected chi connectivity index (χ2v) is 4.70. The molecule has 3 nitrogen and oxygen atoms in total. The molecule has 1 aromatic rings. The van der Waals surface area contributed by atoms with Crippen LogP contribution in [0.15, 0.2) is 24.3 Å². The summed E-state index contributed by atoms with van der Waals surface area (Å²) in [5.41, 5.74) is 0.589. The van der Waals surface area contributed by atoms with Gasteiger partial charge in [-0.1, -0.05) is 26.0 Å². The number of methoxy groups -OCH3 is 1. The van der Waals surface area contributed by atoms with E-state index in [9.17, 15) is 4.79 Å². The first-order valence-corrected chi connectivity index (χ1v) is 5.98. The summed E-state index contributed by atoms with van der Waals surface area (Å²) in [4.78, 5) is 12.0. The lowest BCUT2D eigenvalue weighted by Gasteiger charge is -2.16. The van der Waals surface area contributed by atoms with Crippen molar-refractivity contribution in [3.8, 4) is 5.75 Å². The second kappa shape index (κ2) is 6.28. The predicted octanol–water partition coefficient (Wildman–Crippen LogP) is 2.86. The highest BCUT2D eigenvalue weighted by atomic mass is 16.5. The van der Waals surface area contributed by atoms with Gasteiger partial charge in [0.25, 0.3) is 5.91 Å². The van der Waals surface area contributed by atoms with Crippen LogP contribution in [-0.4, -0.2) is 19.1 Å². The molecule has 0 saturated carbocycles.